The predicted molar refractivity (Wildman–Crippen MR) is 91.0 cm³/mol. The molecule has 0 spiro atoms. The number of carbonyl (C=O) groups is 3. The van der Waals surface area contributed by atoms with Gasteiger partial charge in [0.25, 0.3) is 0 Å². The molecule has 0 radical (unpaired) electrons. The zero-order chi connectivity index (χ0) is 18.2. The molecule has 0 atom stereocenters. The van der Waals surface area contributed by atoms with Crippen LogP contribution in [0.4, 0.5) is 10.1 Å². The number of ketones is 1. The average Bonchev–Trinajstić information content (AvgIpc) is 2.62. The molecular weight excluding hydrogens is 325 g/mol. The van der Waals surface area contributed by atoms with Crippen LogP contribution in [0.25, 0.3) is 0 Å². The van der Waals surface area contributed by atoms with Crippen LogP contribution in [0.5, 0.6) is 0 Å². The smallest absolute Gasteiger partial charge is 0.337 e. The molecule has 0 saturated heterocycles. The summed E-state index contributed by atoms with van der Waals surface area (Å²) < 4.78 is 17.4. The van der Waals surface area contributed by atoms with Crippen LogP contribution in [0.1, 0.15) is 40.0 Å². The van der Waals surface area contributed by atoms with Gasteiger partial charge in [-0.3, -0.25) is 9.59 Å². The minimum absolute atomic E-state index is 0.129. The highest BCUT2D eigenvalue weighted by molar-refractivity contribution is 5.97. The van der Waals surface area contributed by atoms with Gasteiger partial charge in [-0.1, -0.05) is 0 Å². The van der Waals surface area contributed by atoms with E-state index in [1.54, 1.807) is 24.3 Å². The highest BCUT2D eigenvalue weighted by Crippen LogP contribution is 2.12. The van der Waals surface area contributed by atoms with Gasteiger partial charge in [0.1, 0.15) is 5.82 Å². The van der Waals surface area contributed by atoms with Crippen molar-refractivity contribution < 1.29 is 23.5 Å². The van der Waals surface area contributed by atoms with E-state index >= 15 is 0 Å². The van der Waals surface area contributed by atoms with E-state index in [1.165, 1.54) is 31.4 Å². The SMILES string of the molecule is COC(=O)c1ccc(NC(=O)CCCC(=O)c2ccc(F)cc2)cc1. The summed E-state index contributed by atoms with van der Waals surface area (Å²) in [5, 5.41) is 2.70. The van der Waals surface area contributed by atoms with Gasteiger partial charge < -0.3 is 10.1 Å². The Hall–Kier alpha value is -3.02. The number of hydrogen-bond donors (Lipinski definition) is 1. The Bertz CT molecular complexity index is 754. The van der Waals surface area contributed by atoms with Crippen molar-refractivity contribution in [3.05, 3.63) is 65.5 Å². The molecule has 0 bridgehead atoms. The van der Waals surface area contributed by atoms with Crippen LogP contribution in [0.2, 0.25) is 0 Å². The number of nitrogens with one attached hydrogen (secondary N) is 1. The van der Waals surface area contributed by atoms with E-state index in [-0.39, 0.29) is 24.5 Å². The zero-order valence-corrected chi connectivity index (χ0v) is 13.8. The molecule has 0 fully saturated rings. The molecule has 5 nitrogen and oxygen atoms in total. The van der Waals surface area contributed by atoms with Gasteiger partial charge in [0.2, 0.25) is 5.91 Å². The molecule has 1 N–H and O–H groups in total. The van der Waals surface area contributed by atoms with Crippen LogP contribution in [-0.2, 0) is 9.53 Å². The van der Waals surface area contributed by atoms with Gasteiger partial charge in [0, 0.05) is 24.1 Å². The van der Waals surface area contributed by atoms with Crippen molar-refractivity contribution >= 4 is 23.3 Å². The van der Waals surface area contributed by atoms with Crippen LogP contribution in [0.15, 0.2) is 48.5 Å². The van der Waals surface area contributed by atoms with Gasteiger partial charge in [-0.15, -0.1) is 0 Å². The first kappa shape index (κ1) is 18.3. The number of esters is 1. The molecule has 0 heterocycles. The van der Waals surface area contributed by atoms with Crippen molar-refractivity contribution in [1.82, 2.24) is 0 Å². The molecule has 2 aromatic rings. The Morgan fingerprint density at radius 2 is 1.52 bits per heavy atom. The molecule has 0 aliphatic carbocycles. The molecular formula is C19H18FNO4. The maximum Gasteiger partial charge on any atom is 0.337 e. The van der Waals surface area contributed by atoms with Crippen molar-refractivity contribution in [3.8, 4) is 0 Å². The number of methoxy groups -OCH3 is 1. The first-order valence-electron chi connectivity index (χ1n) is 7.76. The van der Waals surface area contributed by atoms with Crippen molar-refractivity contribution in [2.24, 2.45) is 0 Å². The van der Waals surface area contributed by atoms with Crippen LogP contribution in [0, 0.1) is 5.82 Å². The third-order valence-corrected chi connectivity index (χ3v) is 3.56. The van der Waals surface area contributed by atoms with Crippen LogP contribution < -0.4 is 5.32 Å². The van der Waals surface area contributed by atoms with Crippen LogP contribution in [-0.4, -0.2) is 24.8 Å². The number of halogens is 1. The summed E-state index contributed by atoms with van der Waals surface area (Å²) in [4.78, 5) is 35.1. The summed E-state index contributed by atoms with van der Waals surface area (Å²) in [5.74, 6) is -1.20. The number of anilines is 1. The number of ether oxygens (including phenoxy) is 1. The zero-order valence-electron chi connectivity index (χ0n) is 13.8. The Morgan fingerprint density at radius 3 is 2.12 bits per heavy atom. The number of carbonyl (C=O) groups excluding carboxylic acids is 3. The topological polar surface area (TPSA) is 72.5 Å². The molecule has 2 aromatic carbocycles. The van der Waals surface area contributed by atoms with E-state index in [2.05, 4.69) is 10.1 Å². The number of benzene rings is 2. The highest BCUT2D eigenvalue weighted by Gasteiger charge is 2.09. The first-order chi connectivity index (χ1) is 12.0. The summed E-state index contributed by atoms with van der Waals surface area (Å²) in [7, 11) is 1.30. The van der Waals surface area contributed by atoms with Gasteiger partial charge in [-0.25, -0.2) is 9.18 Å². The van der Waals surface area contributed by atoms with Crippen molar-refractivity contribution in [2.45, 2.75) is 19.3 Å². The Labute approximate surface area is 144 Å². The molecule has 0 aromatic heterocycles. The first-order valence-corrected chi connectivity index (χ1v) is 7.76. The maximum absolute atomic E-state index is 12.8. The standard InChI is InChI=1S/C19H18FNO4/c1-25-19(24)14-7-11-16(12-8-14)21-18(23)4-2-3-17(22)13-5-9-15(20)10-6-13/h5-12H,2-4H2,1H3,(H,21,23). The minimum Gasteiger partial charge on any atom is -0.465 e. The van der Waals surface area contributed by atoms with E-state index in [4.69, 9.17) is 0 Å². The molecule has 130 valence electrons. The lowest BCUT2D eigenvalue weighted by Crippen LogP contribution is -2.12. The second kappa shape index (κ2) is 8.73. The number of amides is 1. The molecule has 0 saturated carbocycles. The number of rotatable bonds is 7. The number of Topliss-reactive ketones (excluding diaryl/α,β-unsaturated/α-hetero) is 1. The van der Waals surface area contributed by atoms with Gasteiger partial charge in [-0.2, -0.15) is 0 Å². The lowest BCUT2D eigenvalue weighted by atomic mass is 10.1. The van der Waals surface area contributed by atoms with Gasteiger partial charge in [0.15, 0.2) is 5.78 Å². The van der Waals surface area contributed by atoms with Crippen molar-refractivity contribution in [1.29, 1.82) is 0 Å². The normalized spacial score (nSPS) is 10.2. The second-order valence-electron chi connectivity index (χ2n) is 5.40. The molecule has 2 rings (SSSR count). The largest absolute Gasteiger partial charge is 0.465 e. The second-order valence-corrected chi connectivity index (χ2v) is 5.40. The fraction of sp³-hybridized carbons (Fsp3) is 0.211. The van der Waals surface area contributed by atoms with Crippen molar-refractivity contribution in [2.75, 3.05) is 12.4 Å². The molecule has 0 aliphatic rings. The van der Waals surface area contributed by atoms with Crippen molar-refractivity contribution in [3.63, 3.8) is 0 Å². The highest BCUT2D eigenvalue weighted by atomic mass is 19.1. The lowest BCUT2D eigenvalue weighted by molar-refractivity contribution is -0.116. The molecule has 0 unspecified atom stereocenters. The fourth-order valence-electron chi connectivity index (χ4n) is 2.22. The number of hydrogen-bond acceptors (Lipinski definition) is 4. The summed E-state index contributed by atoms with van der Waals surface area (Å²) in [5.41, 5.74) is 1.38. The lowest BCUT2D eigenvalue weighted by Gasteiger charge is -2.06. The van der Waals surface area contributed by atoms with Crippen LogP contribution >= 0.6 is 0 Å². The minimum atomic E-state index is -0.447. The molecule has 25 heavy (non-hydrogen) atoms. The summed E-state index contributed by atoms with van der Waals surface area (Å²) in [6.07, 6.45) is 0.786. The van der Waals surface area contributed by atoms with Gasteiger partial charge >= 0.3 is 5.97 Å². The monoisotopic (exact) mass is 343 g/mol. The molecule has 0 aliphatic heterocycles. The Morgan fingerprint density at radius 1 is 0.920 bits per heavy atom. The predicted octanol–water partition coefficient (Wildman–Crippen LogP) is 3.60. The summed E-state index contributed by atoms with van der Waals surface area (Å²) >= 11 is 0. The van der Waals surface area contributed by atoms with E-state index in [0.29, 0.717) is 23.2 Å². The quantitative estimate of drug-likeness (QED) is 0.616. The summed E-state index contributed by atoms with van der Waals surface area (Å²) in [6, 6.07) is 11.7. The summed E-state index contributed by atoms with van der Waals surface area (Å²) in [6.45, 7) is 0. The van der Waals surface area contributed by atoms with E-state index in [9.17, 15) is 18.8 Å². The molecule has 1 amide bonds. The maximum atomic E-state index is 12.8. The van der Waals surface area contributed by atoms with E-state index in [1.807, 2.05) is 0 Å². The van der Waals surface area contributed by atoms with E-state index < -0.39 is 11.8 Å². The van der Waals surface area contributed by atoms with Crippen LogP contribution in [0.3, 0.4) is 0 Å². The van der Waals surface area contributed by atoms with Gasteiger partial charge in [0.05, 0.1) is 12.7 Å². The average molecular weight is 343 g/mol. The Kier molecular flexibility index (Phi) is 6.39. The third kappa shape index (κ3) is 5.53. The van der Waals surface area contributed by atoms with Gasteiger partial charge in [-0.05, 0) is 55.0 Å². The fourth-order valence-corrected chi connectivity index (χ4v) is 2.22. The van der Waals surface area contributed by atoms with E-state index in [0.717, 1.165) is 0 Å². The third-order valence-electron chi connectivity index (χ3n) is 3.56. The molecule has 6 heteroatoms. The Balaban J connectivity index is 1.77.